The molecule has 2 heterocycles. The van der Waals surface area contributed by atoms with E-state index in [0.717, 1.165) is 0 Å². The molecule has 0 atom stereocenters. The highest BCUT2D eigenvalue weighted by molar-refractivity contribution is 5.94. The van der Waals surface area contributed by atoms with Crippen LogP contribution in [0.3, 0.4) is 0 Å². The molecule has 0 saturated heterocycles. The number of pyridine rings is 1. The van der Waals surface area contributed by atoms with Crippen molar-refractivity contribution in [1.29, 1.82) is 0 Å². The maximum Gasteiger partial charge on any atom is 0.422 e. The fraction of sp³-hybridized carbons (Fsp3) is 0.364. The highest BCUT2D eigenvalue weighted by Crippen LogP contribution is 2.20. The number of ether oxygens (including phenoxy) is 1. The Balaban J connectivity index is 1.93. The summed E-state index contributed by atoms with van der Waals surface area (Å²) in [6.45, 7) is -1.01. The summed E-state index contributed by atoms with van der Waals surface area (Å²) in [5, 5.41) is 12.9. The monoisotopic (exact) mass is 316 g/mol. The molecule has 0 radical (unpaired) electrons. The van der Waals surface area contributed by atoms with E-state index in [2.05, 4.69) is 30.6 Å². The highest BCUT2D eigenvalue weighted by atomic mass is 19.4. The number of tetrazole rings is 1. The highest BCUT2D eigenvalue weighted by Gasteiger charge is 2.29. The molecule has 1 N–H and O–H groups in total. The molecule has 2 rings (SSSR count). The van der Waals surface area contributed by atoms with Gasteiger partial charge in [0.25, 0.3) is 5.91 Å². The number of rotatable bonds is 6. The molecule has 0 aliphatic rings. The van der Waals surface area contributed by atoms with E-state index in [1.807, 2.05) is 0 Å². The van der Waals surface area contributed by atoms with Gasteiger partial charge in [0, 0.05) is 12.7 Å². The third-order valence-electron chi connectivity index (χ3n) is 2.40. The molecule has 2 aromatic rings. The first-order chi connectivity index (χ1) is 10.5. The van der Waals surface area contributed by atoms with Gasteiger partial charge in [0.15, 0.2) is 18.1 Å². The summed E-state index contributed by atoms with van der Waals surface area (Å²) in [7, 11) is 0. The van der Waals surface area contributed by atoms with Gasteiger partial charge in [-0.3, -0.25) is 4.79 Å². The molecule has 0 saturated carbocycles. The second-order valence-corrected chi connectivity index (χ2v) is 4.08. The van der Waals surface area contributed by atoms with Gasteiger partial charge in [0.2, 0.25) is 0 Å². The lowest BCUT2D eigenvalue weighted by Crippen LogP contribution is -2.29. The fourth-order valence-corrected chi connectivity index (χ4v) is 1.49. The van der Waals surface area contributed by atoms with Crippen molar-refractivity contribution in [2.45, 2.75) is 12.7 Å². The van der Waals surface area contributed by atoms with Crippen molar-refractivity contribution >= 4 is 5.91 Å². The Labute approximate surface area is 122 Å². The van der Waals surface area contributed by atoms with Crippen molar-refractivity contribution in [1.82, 2.24) is 30.5 Å². The average Bonchev–Trinajstić information content (AvgIpc) is 2.98. The summed E-state index contributed by atoms with van der Waals surface area (Å²) < 4.78 is 42.5. The predicted molar refractivity (Wildman–Crippen MR) is 65.9 cm³/mol. The summed E-state index contributed by atoms with van der Waals surface area (Å²) in [5.74, 6) is -0.884. The number of carbonyl (C=O) groups excluding carboxylic acids is 1. The quantitative estimate of drug-likeness (QED) is 0.831. The molecule has 0 spiro atoms. The van der Waals surface area contributed by atoms with Crippen molar-refractivity contribution < 1.29 is 22.7 Å². The molecule has 11 heteroatoms. The van der Waals surface area contributed by atoms with E-state index in [9.17, 15) is 18.0 Å². The minimum Gasteiger partial charge on any atom is -0.482 e. The zero-order chi connectivity index (χ0) is 16.0. The van der Waals surface area contributed by atoms with Crippen molar-refractivity contribution in [2.24, 2.45) is 0 Å². The number of halogens is 3. The zero-order valence-corrected chi connectivity index (χ0v) is 11.1. The van der Waals surface area contributed by atoms with Crippen LogP contribution >= 0.6 is 0 Å². The van der Waals surface area contributed by atoms with Crippen LogP contribution in [0.25, 0.3) is 0 Å². The average molecular weight is 316 g/mol. The third-order valence-corrected chi connectivity index (χ3v) is 2.40. The van der Waals surface area contributed by atoms with Crippen LogP contribution in [-0.2, 0) is 6.54 Å². The van der Waals surface area contributed by atoms with Crippen LogP contribution < -0.4 is 10.1 Å². The Morgan fingerprint density at radius 2 is 2.23 bits per heavy atom. The molecule has 8 nitrogen and oxygen atoms in total. The van der Waals surface area contributed by atoms with Gasteiger partial charge in [0.1, 0.15) is 6.33 Å². The summed E-state index contributed by atoms with van der Waals surface area (Å²) in [4.78, 5) is 15.7. The molecule has 0 unspecified atom stereocenters. The minimum absolute atomic E-state index is 0.180. The molecule has 0 aliphatic carbocycles. The Bertz CT molecular complexity index is 617. The van der Waals surface area contributed by atoms with Crippen LogP contribution in [-0.4, -0.2) is 50.4 Å². The summed E-state index contributed by atoms with van der Waals surface area (Å²) in [5.41, 5.74) is -0.219. The number of amides is 1. The molecule has 1 amide bonds. The molecule has 0 bridgehead atoms. The molecule has 2 aromatic heterocycles. The molecule has 22 heavy (non-hydrogen) atoms. The fourth-order valence-electron chi connectivity index (χ4n) is 1.49. The van der Waals surface area contributed by atoms with E-state index in [0.29, 0.717) is 6.54 Å². The lowest BCUT2D eigenvalue weighted by Gasteiger charge is -2.12. The van der Waals surface area contributed by atoms with Crippen molar-refractivity contribution in [3.63, 3.8) is 0 Å². The lowest BCUT2D eigenvalue weighted by molar-refractivity contribution is -0.153. The molecule has 0 fully saturated rings. The van der Waals surface area contributed by atoms with Crippen LogP contribution in [0.5, 0.6) is 5.75 Å². The van der Waals surface area contributed by atoms with E-state index in [-0.39, 0.29) is 18.0 Å². The number of carbonyl (C=O) groups is 1. The van der Waals surface area contributed by atoms with Gasteiger partial charge in [-0.05, 0) is 22.6 Å². The predicted octanol–water partition coefficient (Wildman–Crippen LogP) is 0.439. The van der Waals surface area contributed by atoms with Gasteiger partial charge in [0.05, 0.1) is 6.54 Å². The molecular weight excluding hydrogens is 305 g/mol. The second-order valence-electron chi connectivity index (χ2n) is 4.08. The van der Waals surface area contributed by atoms with Gasteiger partial charge in [-0.15, -0.1) is 5.10 Å². The number of nitrogens with one attached hydrogen (secondary N) is 1. The molecule has 118 valence electrons. The maximum atomic E-state index is 12.2. The normalized spacial score (nSPS) is 11.2. The summed E-state index contributed by atoms with van der Waals surface area (Å²) in [6, 6.07) is 2.62. The summed E-state index contributed by atoms with van der Waals surface area (Å²) in [6.07, 6.45) is -1.84. The number of hydrogen-bond acceptors (Lipinski definition) is 6. The van der Waals surface area contributed by atoms with Crippen molar-refractivity contribution in [3.05, 3.63) is 30.4 Å². The van der Waals surface area contributed by atoms with Crippen LogP contribution in [0.1, 0.15) is 10.5 Å². The molecule has 0 aromatic carbocycles. The van der Waals surface area contributed by atoms with E-state index in [1.165, 1.54) is 29.3 Å². The smallest absolute Gasteiger partial charge is 0.422 e. The van der Waals surface area contributed by atoms with Gasteiger partial charge in [-0.1, -0.05) is 0 Å². The topological polar surface area (TPSA) is 94.8 Å². The van der Waals surface area contributed by atoms with Crippen molar-refractivity contribution in [3.8, 4) is 5.75 Å². The SMILES string of the molecule is O=C(NCCn1cnnn1)c1ncccc1OCC(F)(F)F. The Morgan fingerprint density at radius 1 is 1.41 bits per heavy atom. The molecule has 0 aliphatic heterocycles. The van der Waals surface area contributed by atoms with Gasteiger partial charge >= 0.3 is 6.18 Å². The van der Waals surface area contributed by atoms with E-state index < -0.39 is 18.7 Å². The van der Waals surface area contributed by atoms with Crippen LogP contribution in [0.15, 0.2) is 24.7 Å². The van der Waals surface area contributed by atoms with E-state index >= 15 is 0 Å². The second kappa shape index (κ2) is 6.83. The van der Waals surface area contributed by atoms with Gasteiger partial charge in [-0.25, -0.2) is 9.67 Å². The summed E-state index contributed by atoms with van der Waals surface area (Å²) >= 11 is 0. The number of aromatic nitrogens is 5. The van der Waals surface area contributed by atoms with E-state index in [4.69, 9.17) is 0 Å². The first-order valence-electron chi connectivity index (χ1n) is 6.09. The van der Waals surface area contributed by atoms with E-state index in [1.54, 1.807) is 0 Å². The van der Waals surface area contributed by atoms with Crippen LogP contribution in [0, 0.1) is 0 Å². The van der Waals surface area contributed by atoms with Gasteiger partial charge in [-0.2, -0.15) is 13.2 Å². The number of hydrogen-bond donors (Lipinski definition) is 1. The van der Waals surface area contributed by atoms with Crippen LogP contribution in [0.4, 0.5) is 13.2 Å². The first kappa shape index (κ1) is 15.7. The lowest BCUT2D eigenvalue weighted by atomic mass is 10.3. The van der Waals surface area contributed by atoms with Gasteiger partial charge < -0.3 is 10.1 Å². The molecular formula is C11H11F3N6O2. The zero-order valence-electron chi connectivity index (χ0n) is 11.1. The Morgan fingerprint density at radius 3 is 2.91 bits per heavy atom. The number of alkyl halides is 3. The van der Waals surface area contributed by atoms with Crippen LogP contribution in [0.2, 0.25) is 0 Å². The minimum atomic E-state index is -4.50. The first-order valence-corrected chi connectivity index (χ1v) is 6.09. The Hall–Kier alpha value is -2.72. The Kier molecular flexibility index (Phi) is 4.86. The maximum absolute atomic E-state index is 12.2. The number of nitrogens with zero attached hydrogens (tertiary/aromatic N) is 5. The largest absolute Gasteiger partial charge is 0.482 e. The van der Waals surface area contributed by atoms with Crippen molar-refractivity contribution in [2.75, 3.05) is 13.2 Å². The third kappa shape index (κ3) is 4.68. The standard InChI is InChI=1S/C11H11F3N6O2/c12-11(13,14)6-22-8-2-1-3-15-9(8)10(21)16-4-5-20-7-17-18-19-20/h1-3,7H,4-6H2,(H,16,21).